The standard InChI is InChI=1S/C20H35O8P.H3N/c1-5-19(21)27-17(3)13-9-7-11-15-25-29(23,24)26-16-12-8-10-14-18(4)28-20(22)6-2;/h5-6,17-18H,1-2,7-16H2,3-4H3,(H,23,24);1H3. The first kappa shape index (κ1) is 30.7. The first-order valence-electron chi connectivity index (χ1n) is 9.96. The summed E-state index contributed by atoms with van der Waals surface area (Å²) in [6.07, 6.45) is 7.45. The molecule has 0 heterocycles. The number of carbonyl (C=O) groups is 2. The third-order valence-corrected chi connectivity index (χ3v) is 4.97. The van der Waals surface area contributed by atoms with Gasteiger partial charge in [0.2, 0.25) is 0 Å². The van der Waals surface area contributed by atoms with E-state index in [1.54, 1.807) is 13.8 Å². The highest BCUT2D eigenvalue weighted by molar-refractivity contribution is 7.45. The molecule has 10 heteroatoms. The van der Waals surface area contributed by atoms with Crippen LogP contribution in [0, 0.1) is 0 Å². The number of rotatable bonds is 18. The molecule has 0 aliphatic heterocycles. The lowest BCUT2D eigenvalue weighted by molar-refractivity contribution is -0.225. The second-order valence-corrected chi connectivity index (χ2v) is 8.13. The molecule has 0 fully saturated rings. The summed E-state index contributed by atoms with van der Waals surface area (Å²) in [6, 6.07) is 0. The SMILES string of the molecule is C=CC(=O)OC(C)CCCCCOP(=O)([O-])OCCCCCC(C)OC(=O)C=C.[NH4+]. The number of phosphoric ester groups is 1. The Morgan fingerprint density at radius 1 is 0.833 bits per heavy atom. The Morgan fingerprint density at radius 3 is 1.53 bits per heavy atom. The molecule has 0 radical (unpaired) electrons. The number of esters is 2. The Bertz CT molecular complexity index is 511. The zero-order chi connectivity index (χ0) is 22.1. The summed E-state index contributed by atoms with van der Waals surface area (Å²) in [5.74, 6) is -0.896. The van der Waals surface area contributed by atoms with Crippen LogP contribution in [0.15, 0.2) is 25.3 Å². The first-order chi connectivity index (χ1) is 13.7. The highest BCUT2D eigenvalue weighted by atomic mass is 31.2. The van der Waals surface area contributed by atoms with E-state index in [9.17, 15) is 19.0 Å². The van der Waals surface area contributed by atoms with Crippen LogP contribution in [-0.4, -0.2) is 37.4 Å². The summed E-state index contributed by atoms with van der Waals surface area (Å²) in [4.78, 5) is 33.7. The Balaban J connectivity index is 0. The number of carbonyl (C=O) groups excluding carboxylic acids is 2. The van der Waals surface area contributed by atoms with Gasteiger partial charge in [-0.3, -0.25) is 4.57 Å². The molecule has 9 nitrogen and oxygen atoms in total. The number of hydrogen-bond donors (Lipinski definition) is 1. The van der Waals surface area contributed by atoms with Gasteiger partial charge in [0.1, 0.15) is 0 Å². The molecule has 0 spiro atoms. The summed E-state index contributed by atoms with van der Waals surface area (Å²) >= 11 is 0. The zero-order valence-electron chi connectivity index (χ0n) is 18.5. The van der Waals surface area contributed by atoms with Crippen LogP contribution in [0.1, 0.15) is 65.2 Å². The number of unbranched alkanes of at least 4 members (excludes halogenated alkanes) is 4. The van der Waals surface area contributed by atoms with Gasteiger partial charge in [-0.15, -0.1) is 0 Å². The summed E-state index contributed by atoms with van der Waals surface area (Å²) in [7, 11) is -4.28. The van der Waals surface area contributed by atoms with E-state index in [4.69, 9.17) is 18.5 Å². The zero-order valence-corrected chi connectivity index (χ0v) is 19.4. The van der Waals surface area contributed by atoms with Gasteiger partial charge in [0, 0.05) is 12.2 Å². The van der Waals surface area contributed by atoms with Crippen LogP contribution in [0.2, 0.25) is 0 Å². The Kier molecular flexibility index (Phi) is 18.7. The second-order valence-electron chi connectivity index (χ2n) is 6.72. The number of hydrogen-bond acceptors (Lipinski definition) is 8. The molecule has 0 amide bonds. The molecule has 176 valence electrons. The fourth-order valence-electron chi connectivity index (χ4n) is 2.42. The van der Waals surface area contributed by atoms with Crippen LogP contribution in [0.3, 0.4) is 0 Å². The molecule has 0 bridgehead atoms. The van der Waals surface area contributed by atoms with E-state index in [0.29, 0.717) is 25.7 Å². The largest absolute Gasteiger partial charge is 0.756 e. The van der Waals surface area contributed by atoms with Crippen molar-refractivity contribution in [2.75, 3.05) is 13.2 Å². The summed E-state index contributed by atoms with van der Waals surface area (Å²) in [5.41, 5.74) is 0. The summed E-state index contributed by atoms with van der Waals surface area (Å²) < 4.78 is 31.4. The lowest BCUT2D eigenvalue weighted by Crippen LogP contribution is -2.13. The van der Waals surface area contributed by atoms with E-state index in [-0.39, 0.29) is 31.6 Å². The topological polar surface area (TPSA) is 148 Å². The van der Waals surface area contributed by atoms with Crippen LogP contribution >= 0.6 is 7.82 Å². The van der Waals surface area contributed by atoms with Crippen molar-refractivity contribution in [1.82, 2.24) is 6.15 Å². The third kappa shape index (κ3) is 18.5. The maximum absolute atomic E-state index is 11.7. The number of ether oxygens (including phenoxy) is 2. The molecule has 0 rings (SSSR count). The molecule has 4 N–H and O–H groups in total. The smallest absolute Gasteiger partial charge is 0.330 e. The Morgan fingerprint density at radius 2 is 1.20 bits per heavy atom. The maximum Gasteiger partial charge on any atom is 0.330 e. The monoisotopic (exact) mass is 451 g/mol. The van der Waals surface area contributed by atoms with Gasteiger partial charge in [0.15, 0.2) is 0 Å². The van der Waals surface area contributed by atoms with E-state index in [0.717, 1.165) is 37.8 Å². The van der Waals surface area contributed by atoms with E-state index in [2.05, 4.69) is 13.2 Å². The van der Waals surface area contributed by atoms with Crippen molar-refractivity contribution >= 4 is 19.8 Å². The summed E-state index contributed by atoms with van der Waals surface area (Å²) in [6.45, 7) is 10.4. The molecular formula is C20H38NO8P. The minimum Gasteiger partial charge on any atom is -0.756 e. The normalized spacial score (nSPS) is 14.5. The second kappa shape index (κ2) is 18.3. The predicted octanol–water partition coefficient (Wildman–Crippen LogP) is 4.22. The minimum absolute atomic E-state index is 0. The molecule has 30 heavy (non-hydrogen) atoms. The Labute approximate surface area is 180 Å². The van der Waals surface area contributed by atoms with Crippen LogP contribution in [0.4, 0.5) is 0 Å². The molecule has 0 saturated heterocycles. The van der Waals surface area contributed by atoms with Gasteiger partial charge in [-0.2, -0.15) is 0 Å². The van der Waals surface area contributed by atoms with Gasteiger partial charge < -0.3 is 29.6 Å². The van der Waals surface area contributed by atoms with Crippen molar-refractivity contribution in [3.8, 4) is 0 Å². The number of phosphoric acid groups is 1. The van der Waals surface area contributed by atoms with Gasteiger partial charge in [-0.05, 0) is 52.4 Å². The minimum atomic E-state index is -4.28. The van der Waals surface area contributed by atoms with E-state index in [1.807, 2.05) is 0 Å². The Hall–Kier alpha value is -1.51. The van der Waals surface area contributed by atoms with Crippen molar-refractivity contribution in [2.24, 2.45) is 0 Å². The fraction of sp³-hybridized carbons (Fsp3) is 0.700. The molecule has 0 aromatic carbocycles. The summed E-state index contributed by atoms with van der Waals surface area (Å²) in [5, 5.41) is 0. The molecule has 0 saturated carbocycles. The van der Waals surface area contributed by atoms with Gasteiger partial charge in [0.05, 0.1) is 25.4 Å². The fourth-order valence-corrected chi connectivity index (χ4v) is 3.20. The van der Waals surface area contributed by atoms with Gasteiger partial charge >= 0.3 is 11.9 Å². The van der Waals surface area contributed by atoms with Gasteiger partial charge in [-0.1, -0.05) is 26.0 Å². The quantitative estimate of drug-likeness (QED) is 0.141. The van der Waals surface area contributed by atoms with Crippen molar-refractivity contribution in [2.45, 2.75) is 77.4 Å². The van der Waals surface area contributed by atoms with Crippen LogP contribution in [-0.2, 0) is 32.7 Å². The molecule has 0 aromatic rings. The van der Waals surface area contributed by atoms with E-state index in [1.165, 1.54) is 0 Å². The average Bonchev–Trinajstić information content (AvgIpc) is 2.66. The maximum atomic E-state index is 11.7. The predicted molar refractivity (Wildman–Crippen MR) is 114 cm³/mol. The lowest BCUT2D eigenvalue weighted by atomic mass is 10.1. The molecule has 0 aromatic heterocycles. The van der Waals surface area contributed by atoms with Crippen molar-refractivity contribution in [1.29, 1.82) is 0 Å². The average molecular weight is 451 g/mol. The van der Waals surface area contributed by atoms with Crippen LogP contribution < -0.4 is 11.0 Å². The molecular weight excluding hydrogens is 413 g/mol. The van der Waals surface area contributed by atoms with Crippen molar-refractivity contribution in [3.63, 3.8) is 0 Å². The van der Waals surface area contributed by atoms with Crippen molar-refractivity contribution < 1.29 is 37.6 Å². The number of quaternary nitrogens is 1. The van der Waals surface area contributed by atoms with E-state index >= 15 is 0 Å². The highest BCUT2D eigenvalue weighted by Crippen LogP contribution is 2.38. The molecule has 2 unspecified atom stereocenters. The van der Waals surface area contributed by atoms with E-state index < -0.39 is 19.8 Å². The highest BCUT2D eigenvalue weighted by Gasteiger charge is 2.10. The molecule has 2 atom stereocenters. The van der Waals surface area contributed by atoms with Crippen LogP contribution in [0.5, 0.6) is 0 Å². The lowest BCUT2D eigenvalue weighted by Gasteiger charge is -2.22. The molecule has 0 aliphatic carbocycles. The first-order valence-corrected chi connectivity index (χ1v) is 11.4. The van der Waals surface area contributed by atoms with Crippen molar-refractivity contribution in [3.05, 3.63) is 25.3 Å². The van der Waals surface area contributed by atoms with Crippen LogP contribution in [0.25, 0.3) is 0 Å². The van der Waals surface area contributed by atoms with Gasteiger partial charge in [0.25, 0.3) is 7.82 Å². The molecule has 0 aliphatic rings. The van der Waals surface area contributed by atoms with Gasteiger partial charge in [-0.25, -0.2) is 9.59 Å². The third-order valence-electron chi connectivity index (χ3n) is 3.98.